The third-order valence-electron chi connectivity index (χ3n) is 3.07. The predicted octanol–water partition coefficient (Wildman–Crippen LogP) is 4.81. The summed E-state index contributed by atoms with van der Waals surface area (Å²) in [6.07, 6.45) is 0. The summed E-state index contributed by atoms with van der Waals surface area (Å²) in [5.74, 6) is 1.08. The molecule has 0 spiro atoms. The van der Waals surface area contributed by atoms with Gasteiger partial charge in [0.1, 0.15) is 0 Å². The molecule has 1 N–H and O–H groups in total. The van der Waals surface area contributed by atoms with Crippen molar-refractivity contribution in [3.05, 3.63) is 51.7 Å². The second kappa shape index (κ2) is 7.13. The summed E-state index contributed by atoms with van der Waals surface area (Å²) in [6, 6.07) is 11.4. The maximum atomic E-state index is 3.60. The van der Waals surface area contributed by atoms with E-state index in [0.717, 1.165) is 12.3 Å². The lowest BCUT2D eigenvalue weighted by molar-refractivity contribution is 0.612. The van der Waals surface area contributed by atoms with Crippen molar-refractivity contribution in [3.63, 3.8) is 0 Å². The Kier molecular flexibility index (Phi) is 5.49. The molecule has 1 aromatic heterocycles. The molecule has 1 nitrogen and oxygen atoms in total. The lowest BCUT2D eigenvalue weighted by atomic mass is 10.2. The number of aryl methyl sites for hydroxylation is 2. The zero-order valence-corrected chi connectivity index (χ0v) is 13.4. The van der Waals surface area contributed by atoms with Gasteiger partial charge in [0.25, 0.3) is 0 Å². The second-order valence-electron chi connectivity index (χ2n) is 4.71. The van der Waals surface area contributed by atoms with Crippen LogP contribution in [0.3, 0.4) is 0 Å². The Bertz CT molecular complexity index is 519. The zero-order valence-electron chi connectivity index (χ0n) is 11.8. The molecular weight excluding hydrogens is 270 g/mol. The van der Waals surface area contributed by atoms with E-state index in [-0.39, 0.29) is 0 Å². The fraction of sp³-hybridized carbons (Fsp3) is 0.375. The molecule has 102 valence electrons. The van der Waals surface area contributed by atoms with Gasteiger partial charge in [-0.05, 0) is 49.5 Å². The van der Waals surface area contributed by atoms with Gasteiger partial charge in [-0.3, -0.25) is 0 Å². The molecular formula is C16H21NS2. The minimum absolute atomic E-state index is 0.454. The minimum atomic E-state index is 0.454. The van der Waals surface area contributed by atoms with E-state index in [1.165, 1.54) is 20.9 Å². The molecule has 1 heterocycles. The number of hydrogen-bond donors (Lipinski definition) is 1. The Hall–Kier alpha value is -0.770. The third kappa shape index (κ3) is 4.10. The van der Waals surface area contributed by atoms with Crippen molar-refractivity contribution in [1.82, 2.24) is 5.32 Å². The van der Waals surface area contributed by atoms with Crippen molar-refractivity contribution in [2.24, 2.45) is 0 Å². The molecule has 0 bridgehead atoms. The highest BCUT2D eigenvalue weighted by Crippen LogP contribution is 2.29. The Labute approximate surface area is 124 Å². The quantitative estimate of drug-likeness (QED) is 0.767. The van der Waals surface area contributed by atoms with E-state index in [4.69, 9.17) is 0 Å². The highest BCUT2D eigenvalue weighted by molar-refractivity contribution is 7.99. The fourth-order valence-electron chi connectivity index (χ4n) is 2.10. The van der Waals surface area contributed by atoms with Gasteiger partial charge in [0.2, 0.25) is 0 Å². The van der Waals surface area contributed by atoms with Crippen LogP contribution in [-0.4, -0.2) is 12.3 Å². The molecule has 0 radical (unpaired) electrons. The summed E-state index contributed by atoms with van der Waals surface area (Å²) in [4.78, 5) is 2.83. The van der Waals surface area contributed by atoms with Gasteiger partial charge in [0.05, 0.1) is 6.04 Å². The first-order valence-corrected chi connectivity index (χ1v) is 8.54. The summed E-state index contributed by atoms with van der Waals surface area (Å²) in [5.41, 5.74) is 2.73. The molecule has 2 aromatic rings. The molecule has 0 saturated heterocycles. The standard InChI is InChI=1S/C16H21NS2/c1-4-17-15(16-13(3)8-9-18-16)11-19-14-7-5-6-12(2)10-14/h5-10,15,17H,4,11H2,1-3H3. The van der Waals surface area contributed by atoms with E-state index in [1.54, 1.807) is 0 Å². The van der Waals surface area contributed by atoms with Crippen LogP contribution in [0, 0.1) is 13.8 Å². The number of thiophene rings is 1. The second-order valence-corrected chi connectivity index (χ2v) is 6.75. The van der Waals surface area contributed by atoms with Crippen LogP contribution < -0.4 is 5.32 Å². The van der Waals surface area contributed by atoms with E-state index >= 15 is 0 Å². The van der Waals surface area contributed by atoms with Gasteiger partial charge < -0.3 is 5.32 Å². The summed E-state index contributed by atoms with van der Waals surface area (Å²) >= 11 is 3.79. The molecule has 1 unspecified atom stereocenters. The monoisotopic (exact) mass is 291 g/mol. The first-order valence-electron chi connectivity index (χ1n) is 6.67. The van der Waals surface area contributed by atoms with Crippen LogP contribution in [0.15, 0.2) is 40.6 Å². The highest BCUT2D eigenvalue weighted by Gasteiger charge is 2.14. The van der Waals surface area contributed by atoms with E-state index < -0.39 is 0 Å². The number of thioether (sulfide) groups is 1. The first-order chi connectivity index (χ1) is 9.20. The molecule has 0 aliphatic carbocycles. The van der Waals surface area contributed by atoms with Crippen molar-refractivity contribution >= 4 is 23.1 Å². The fourth-order valence-corrected chi connectivity index (χ4v) is 4.30. The number of rotatable bonds is 6. The largest absolute Gasteiger partial charge is 0.309 e. The maximum absolute atomic E-state index is 3.60. The van der Waals surface area contributed by atoms with Crippen molar-refractivity contribution < 1.29 is 0 Å². The summed E-state index contributed by atoms with van der Waals surface area (Å²) in [6.45, 7) is 7.53. The average Bonchev–Trinajstić information content (AvgIpc) is 2.81. The molecule has 0 aliphatic heterocycles. The Balaban J connectivity index is 2.04. The van der Waals surface area contributed by atoms with Crippen molar-refractivity contribution in [2.75, 3.05) is 12.3 Å². The minimum Gasteiger partial charge on any atom is -0.309 e. The highest BCUT2D eigenvalue weighted by atomic mass is 32.2. The Morgan fingerprint density at radius 3 is 2.74 bits per heavy atom. The van der Waals surface area contributed by atoms with Gasteiger partial charge >= 0.3 is 0 Å². The van der Waals surface area contributed by atoms with E-state index in [9.17, 15) is 0 Å². The van der Waals surface area contributed by atoms with E-state index in [2.05, 4.69) is 61.8 Å². The average molecular weight is 291 g/mol. The molecule has 3 heteroatoms. The van der Waals surface area contributed by atoms with E-state index in [1.807, 2.05) is 23.1 Å². The van der Waals surface area contributed by atoms with Crippen LogP contribution in [0.1, 0.15) is 29.0 Å². The molecule has 19 heavy (non-hydrogen) atoms. The summed E-state index contributed by atoms with van der Waals surface area (Å²) in [7, 11) is 0. The van der Waals surface area contributed by atoms with Crippen LogP contribution in [0.5, 0.6) is 0 Å². The molecule has 1 aromatic carbocycles. The van der Waals surface area contributed by atoms with Crippen LogP contribution in [-0.2, 0) is 0 Å². The smallest absolute Gasteiger partial charge is 0.0512 e. The van der Waals surface area contributed by atoms with Crippen LogP contribution >= 0.6 is 23.1 Å². The van der Waals surface area contributed by atoms with E-state index in [0.29, 0.717) is 6.04 Å². The van der Waals surface area contributed by atoms with Crippen molar-refractivity contribution in [1.29, 1.82) is 0 Å². The van der Waals surface area contributed by atoms with Gasteiger partial charge in [-0.2, -0.15) is 0 Å². The molecule has 0 aliphatic rings. The molecule has 1 atom stereocenters. The SMILES string of the molecule is CCNC(CSc1cccc(C)c1)c1sccc1C. The zero-order chi connectivity index (χ0) is 13.7. The lowest BCUT2D eigenvalue weighted by Crippen LogP contribution is -2.22. The Morgan fingerprint density at radius 1 is 1.26 bits per heavy atom. The van der Waals surface area contributed by atoms with Gasteiger partial charge in [-0.15, -0.1) is 23.1 Å². The summed E-state index contributed by atoms with van der Waals surface area (Å²) in [5, 5.41) is 5.79. The summed E-state index contributed by atoms with van der Waals surface area (Å²) < 4.78 is 0. The van der Waals surface area contributed by atoms with Gasteiger partial charge in [0.15, 0.2) is 0 Å². The van der Waals surface area contributed by atoms with Crippen LogP contribution in [0.25, 0.3) is 0 Å². The number of benzene rings is 1. The number of hydrogen-bond acceptors (Lipinski definition) is 3. The van der Waals surface area contributed by atoms with Gasteiger partial charge in [-0.25, -0.2) is 0 Å². The third-order valence-corrected chi connectivity index (χ3v) is 5.29. The predicted molar refractivity (Wildman–Crippen MR) is 87.4 cm³/mol. The first kappa shape index (κ1) is 14.6. The molecule has 0 saturated carbocycles. The number of nitrogens with one attached hydrogen (secondary N) is 1. The van der Waals surface area contributed by atoms with Gasteiger partial charge in [0, 0.05) is 15.5 Å². The molecule has 2 rings (SSSR count). The Morgan fingerprint density at radius 2 is 2.11 bits per heavy atom. The van der Waals surface area contributed by atoms with Crippen LogP contribution in [0.4, 0.5) is 0 Å². The lowest BCUT2D eigenvalue weighted by Gasteiger charge is -2.17. The maximum Gasteiger partial charge on any atom is 0.0512 e. The van der Waals surface area contributed by atoms with Crippen LogP contribution in [0.2, 0.25) is 0 Å². The van der Waals surface area contributed by atoms with Crippen molar-refractivity contribution in [2.45, 2.75) is 31.7 Å². The normalized spacial score (nSPS) is 12.6. The molecule has 0 fully saturated rings. The molecule has 0 amide bonds. The van der Waals surface area contributed by atoms with Gasteiger partial charge in [-0.1, -0.05) is 24.6 Å². The topological polar surface area (TPSA) is 12.0 Å². The van der Waals surface area contributed by atoms with Crippen molar-refractivity contribution in [3.8, 4) is 0 Å².